The van der Waals surface area contributed by atoms with Gasteiger partial charge >= 0.3 is 24.1 Å². The van der Waals surface area contributed by atoms with Gasteiger partial charge in [0, 0.05) is 48.7 Å². The van der Waals surface area contributed by atoms with E-state index < -0.39 is 30.2 Å². The van der Waals surface area contributed by atoms with E-state index in [1.54, 1.807) is 64.4 Å². The molecule has 16 heteroatoms. The standard InChI is InChI=1S/C23H23F4N3O3.C21H24FN3O2/c24-18-5-4-6-19(13-18)30(22(33)29-11-2-1-3-12-29)15-16-7-9-17(10-8-16)20(31)14-28-21(32)23(25,26)27;22-18-5-4-6-19(13-18)25(21(27)24-11-2-1-3-12-24)15-16-7-9-17(10-8-16)20(26)14-23/h4-10,13H,1-3,11-12,14-15H2,(H,28,32);4-10,13H,1-3,11-12,14-15,23H2. The zero-order chi connectivity index (χ0) is 43.2. The Morgan fingerprint density at radius 3 is 1.35 bits per heavy atom. The van der Waals surface area contributed by atoms with Crippen molar-refractivity contribution >= 4 is 40.9 Å². The maximum atomic E-state index is 13.8. The molecule has 60 heavy (non-hydrogen) atoms. The molecule has 0 aromatic heterocycles. The van der Waals surface area contributed by atoms with Crippen LogP contribution in [0.25, 0.3) is 0 Å². The summed E-state index contributed by atoms with van der Waals surface area (Å²) in [4.78, 5) is 67.5. The number of amides is 5. The van der Waals surface area contributed by atoms with Gasteiger partial charge in [-0.15, -0.1) is 0 Å². The smallest absolute Gasteiger partial charge is 0.341 e. The Balaban J connectivity index is 0.000000232. The number of likely N-dealkylation sites (tertiary alicyclic amines) is 2. The highest BCUT2D eigenvalue weighted by Crippen LogP contribution is 2.25. The summed E-state index contributed by atoms with van der Waals surface area (Å²) in [5.74, 6) is -3.87. The van der Waals surface area contributed by atoms with Gasteiger partial charge in [0.25, 0.3) is 0 Å². The molecule has 0 bridgehead atoms. The molecule has 318 valence electrons. The second-order valence-electron chi connectivity index (χ2n) is 14.4. The third kappa shape index (κ3) is 12.7. The van der Waals surface area contributed by atoms with Gasteiger partial charge in [0.1, 0.15) is 11.6 Å². The molecule has 2 heterocycles. The number of urea groups is 2. The number of Topliss-reactive ketones (excluding diaryl/α,β-unsaturated/α-hetero) is 2. The van der Waals surface area contributed by atoms with Crippen LogP contribution in [0.1, 0.15) is 70.4 Å². The number of alkyl halides is 3. The van der Waals surface area contributed by atoms with Crippen LogP contribution in [0, 0.1) is 11.6 Å². The Hall–Kier alpha value is -6.16. The van der Waals surface area contributed by atoms with Crippen LogP contribution >= 0.6 is 0 Å². The van der Waals surface area contributed by atoms with Crippen LogP contribution in [0.15, 0.2) is 97.1 Å². The quantitative estimate of drug-likeness (QED) is 0.117. The van der Waals surface area contributed by atoms with Gasteiger partial charge in [-0.3, -0.25) is 24.2 Å². The summed E-state index contributed by atoms with van der Waals surface area (Å²) in [7, 11) is 0. The number of hydrogen-bond acceptors (Lipinski definition) is 6. The first kappa shape index (κ1) is 44.9. The second-order valence-corrected chi connectivity index (χ2v) is 14.4. The lowest BCUT2D eigenvalue weighted by molar-refractivity contribution is -0.173. The van der Waals surface area contributed by atoms with Gasteiger partial charge in [-0.2, -0.15) is 13.2 Å². The Morgan fingerprint density at radius 2 is 0.983 bits per heavy atom. The molecule has 4 aromatic rings. The molecule has 0 aliphatic carbocycles. The number of ketones is 2. The van der Waals surface area contributed by atoms with Crippen LogP contribution in [-0.2, 0) is 17.9 Å². The van der Waals surface area contributed by atoms with E-state index in [0.29, 0.717) is 55.2 Å². The van der Waals surface area contributed by atoms with Crippen LogP contribution in [-0.4, -0.2) is 84.8 Å². The Morgan fingerprint density at radius 1 is 0.583 bits per heavy atom. The summed E-state index contributed by atoms with van der Waals surface area (Å²) >= 11 is 0. The van der Waals surface area contributed by atoms with Crippen LogP contribution in [0.4, 0.5) is 42.9 Å². The number of halogens is 5. The highest BCUT2D eigenvalue weighted by molar-refractivity contribution is 6.00. The fourth-order valence-electron chi connectivity index (χ4n) is 6.78. The molecule has 2 fully saturated rings. The number of nitrogens with two attached hydrogens (primary N) is 1. The third-order valence-electron chi connectivity index (χ3n) is 10.0. The van der Waals surface area contributed by atoms with Gasteiger partial charge in [-0.25, -0.2) is 18.4 Å². The minimum atomic E-state index is -5.06. The van der Waals surface area contributed by atoms with E-state index in [-0.39, 0.29) is 42.3 Å². The molecule has 2 aliphatic rings. The van der Waals surface area contributed by atoms with E-state index >= 15 is 0 Å². The summed E-state index contributed by atoms with van der Waals surface area (Å²) in [6.07, 6.45) is 0.862. The molecule has 0 spiro atoms. The van der Waals surface area contributed by atoms with Gasteiger partial charge in [-0.1, -0.05) is 60.7 Å². The number of benzene rings is 4. The average molecular weight is 835 g/mol. The van der Waals surface area contributed by atoms with Crippen molar-refractivity contribution in [3.8, 4) is 0 Å². The summed E-state index contributed by atoms with van der Waals surface area (Å²) < 4.78 is 64.4. The molecule has 2 saturated heterocycles. The van der Waals surface area contributed by atoms with E-state index in [1.165, 1.54) is 52.7 Å². The topological polar surface area (TPSA) is 136 Å². The predicted octanol–water partition coefficient (Wildman–Crippen LogP) is 7.88. The number of nitrogens with one attached hydrogen (secondary N) is 1. The molecule has 6 rings (SSSR count). The number of carbonyl (C=O) groups is 5. The van der Waals surface area contributed by atoms with E-state index in [9.17, 15) is 45.9 Å². The molecule has 0 unspecified atom stereocenters. The van der Waals surface area contributed by atoms with Gasteiger partial charge in [0.15, 0.2) is 11.6 Å². The number of rotatable bonds is 11. The van der Waals surface area contributed by atoms with E-state index in [1.807, 2.05) is 4.90 Å². The molecular weight excluding hydrogens is 788 g/mol. The Labute approximate surface area is 344 Å². The molecule has 0 atom stereocenters. The van der Waals surface area contributed by atoms with Crippen molar-refractivity contribution in [2.24, 2.45) is 5.73 Å². The fourth-order valence-corrected chi connectivity index (χ4v) is 6.78. The summed E-state index contributed by atoms with van der Waals surface area (Å²) in [5.41, 5.74) is 8.46. The highest BCUT2D eigenvalue weighted by atomic mass is 19.4. The number of nitrogens with zero attached hydrogens (tertiary/aromatic N) is 4. The Bertz CT molecular complexity index is 2100. The number of carbonyl (C=O) groups excluding carboxylic acids is 5. The van der Waals surface area contributed by atoms with Gasteiger partial charge in [0.05, 0.1) is 26.2 Å². The van der Waals surface area contributed by atoms with Crippen LogP contribution in [0.5, 0.6) is 0 Å². The number of anilines is 2. The van der Waals surface area contributed by atoms with Crippen molar-refractivity contribution in [1.29, 1.82) is 0 Å². The summed E-state index contributed by atoms with van der Waals surface area (Å²) in [6, 6.07) is 24.4. The van der Waals surface area contributed by atoms with Crippen LogP contribution < -0.4 is 20.9 Å². The zero-order valence-electron chi connectivity index (χ0n) is 32.9. The largest absolute Gasteiger partial charge is 0.471 e. The molecule has 2 aliphatic heterocycles. The molecule has 4 aromatic carbocycles. The molecule has 0 radical (unpaired) electrons. The molecule has 3 N–H and O–H groups in total. The lowest BCUT2D eigenvalue weighted by Crippen LogP contribution is -2.45. The second kappa shape index (κ2) is 21.2. The Kier molecular flexibility index (Phi) is 15.9. The summed E-state index contributed by atoms with van der Waals surface area (Å²) in [5, 5.41) is 1.54. The van der Waals surface area contributed by atoms with Crippen LogP contribution in [0.2, 0.25) is 0 Å². The van der Waals surface area contributed by atoms with Gasteiger partial charge < -0.3 is 20.9 Å². The van der Waals surface area contributed by atoms with Crippen molar-refractivity contribution < 1.29 is 45.9 Å². The van der Waals surface area contributed by atoms with Crippen molar-refractivity contribution in [2.75, 3.05) is 49.1 Å². The first-order valence-corrected chi connectivity index (χ1v) is 19.7. The van der Waals surface area contributed by atoms with Crippen molar-refractivity contribution in [3.05, 3.63) is 131 Å². The maximum Gasteiger partial charge on any atom is 0.471 e. The maximum absolute atomic E-state index is 13.8. The van der Waals surface area contributed by atoms with E-state index in [2.05, 4.69) is 0 Å². The fraction of sp³-hybridized carbons (Fsp3) is 0.341. The normalized spacial score (nSPS) is 14.0. The highest BCUT2D eigenvalue weighted by Gasteiger charge is 2.38. The zero-order valence-corrected chi connectivity index (χ0v) is 32.9. The van der Waals surface area contributed by atoms with E-state index in [4.69, 9.17) is 5.73 Å². The first-order chi connectivity index (χ1) is 28.7. The average Bonchev–Trinajstić information content (AvgIpc) is 3.26. The van der Waals surface area contributed by atoms with Gasteiger partial charge in [0.2, 0.25) is 0 Å². The molecule has 11 nitrogen and oxygen atoms in total. The lowest BCUT2D eigenvalue weighted by atomic mass is 10.1. The minimum Gasteiger partial charge on any atom is -0.341 e. The monoisotopic (exact) mass is 834 g/mol. The molecule has 5 amide bonds. The molecular formula is C44H47F5N6O5. The minimum absolute atomic E-state index is 0.0395. The van der Waals surface area contributed by atoms with Crippen molar-refractivity contribution in [2.45, 2.75) is 57.8 Å². The first-order valence-electron chi connectivity index (χ1n) is 19.7. The van der Waals surface area contributed by atoms with Crippen molar-refractivity contribution in [3.63, 3.8) is 0 Å². The number of hydrogen-bond donors (Lipinski definition) is 2. The van der Waals surface area contributed by atoms with Crippen molar-refractivity contribution in [1.82, 2.24) is 15.1 Å². The third-order valence-corrected chi connectivity index (χ3v) is 10.0. The predicted molar refractivity (Wildman–Crippen MR) is 216 cm³/mol. The number of piperidine rings is 2. The van der Waals surface area contributed by atoms with Gasteiger partial charge in [-0.05, 0) is 86.1 Å². The van der Waals surface area contributed by atoms with E-state index in [0.717, 1.165) is 44.1 Å². The summed E-state index contributed by atoms with van der Waals surface area (Å²) in [6.45, 7) is 2.24. The molecule has 0 saturated carbocycles. The van der Waals surface area contributed by atoms with Crippen LogP contribution in [0.3, 0.4) is 0 Å². The SMILES string of the molecule is NCC(=O)c1ccc(CN(C(=O)N2CCCCC2)c2cccc(F)c2)cc1.O=C(CNC(=O)C(F)(F)F)c1ccc(CN(C(=O)N2CCCCC2)c2cccc(F)c2)cc1. The lowest BCUT2D eigenvalue weighted by Gasteiger charge is -2.33.